The Balaban J connectivity index is 1.70. The number of amides is 1. The van der Waals surface area contributed by atoms with Crippen molar-refractivity contribution < 1.29 is 9.53 Å². The number of ether oxygens (including phenoxy) is 1. The van der Waals surface area contributed by atoms with Crippen molar-refractivity contribution in [2.75, 3.05) is 25.0 Å². The summed E-state index contributed by atoms with van der Waals surface area (Å²) < 4.78 is 5.51. The monoisotopic (exact) mass is 236 g/mol. The lowest BCUT2D eigenvalue weighted by Gasteiger charge is -2.22. The smallest absolute Gasteiger partial charge is 0.252 e. The molecule has 92 valence electrons. The molecule has 0 radical (unpaired) electrons. The zero-order valence-corrected chi connectivity index (χ0v) is 9.56. The molecule has 0 aliphatic carbocycles. The molecule has 2 N–H and O–H groups in total. The van der Waals surface area contributed by atoms with Gasteiger partial charge in [0.25, 0.3) is 5.91 Å². The topological polar surface area (TPSA) is 76.1 Å². The largest absolute Gasteiger partial charge is 0.368 e. The highest BCUT2D eigenvalue weighted by Gasteiger charge is 2.14. The summed E-state index contributed by atoms with van der Waals surface area (Å²) in [6.45, 7) is 1.96. The SMILES string of the molecule is O=C(COC1CCNCC1)Nc1ncccn1. The lowest BCUT2D eigenvalue weighted by molar-refractivity contribution is -0.123. The van der Waals surface area contributed by atoms with Gasteiger partial charge in [-0.25, -0.2) is 9.97 Å². The molecular weight excluding hydrogens is 220 g/mol. The molecular formula is C11H16N4O2. The second-order valence-electron chi connectivity index (χ2n) is 3.88. The predicted molar refractivity (Wildman–Crippen MR) is 62.5 cm³/mol. The van der Waals surface area contributed by atoms with E-state index in [2.05, 4.69) is 20.6 Å². The molecule has 0 unspecified atom stereocenters. The summed E-state index contributed by atoms with van der Waals surface area (Å²) in [5, 5.41) is 5.82. The zero-order chi connectivity index (χ0) is 11.9. The maximum atomic E-state index is 11.5. The Labute approximate surface area is 99.8 Å². The van der Waals surface area contributed by atoms with E-state index in [9.17, 15) is 4.79 Å². The van der Waals surface area contributed by atoms with Crippen LogP contribution in [0.15, 0.2) is 18.5 Å². The molecule has 2 rings (SSSR count). The molecule has 17 heavy (non-hydrogen) atoms. The molecule has 0 bridgehead atoms. The first kappa shape index (κ1) is 11.9. The first-order valence-corrected chi connectivity index (χ1v) is 5.74. The van der Waals surface area contributed by atoms with Crippen molar-refractivity contribution in [3.8, 4) is 0 Å². The number of hydrogen-bond donors (Lipinski definition) is 2. The van der Waals surface area contributed by atoms with Crippen LogP contribution in [-0.4, -0.2) is 41.7 Å². The first-order valence-electron chi connectivity index (χ1n) is 5.74. The molecule has 1 aromatic rings. The summed E-state index contributed by atoms with van der Waals surface area (Å²) in [6, 6.07) is 1.70. The fourth-order valence-corrected chi connectivity index (χ4v) is 1.68. The standard InChI is InChI=1S/C11H16N4O2/c16-10(15-11-13-4-1-5-14-11)8-17-9-2-6-12-7-3-9/h1,4-5,9,12H,2-3,6-8H2,(H,13,14,15,16). The highest BCUT2D eigenvalue weighted by molar-refractivity contribution is 5.89. The van der Waals surface area contributed by atoms with Crippen LogP contribution in [0.1, 0.15) is 12.8 Å². The van der Waals surface area contributed by atoms with Crippen molar-refractivity contribution in [1.29, 1.82) is 0 Å². The quantitative estimate of drug-likeness (QED) is 0.780. The number of aromatic nitrogens is 2. The summed E-state index contributed by atoms with van der Waals surface area (Å²) >= 11 is 0. The van der Waals surface area contributed by atoms with Crippen LogP contribution in [0.5, 0.6) is 0 Å². The van der Waals surface area contributed by atoms with Gasteiger partial charge in [0.15, 0.2) is 0 Å². The predicted octanol–water partition coefficient (Wildman–Crippen LogP) is 0.184. The number of rotatable bonds is 4. The fraction of sp³-hybridized carbons (Fsp3) is 0.545. The van der Waals surface area contributed by atoms with Crippen LogP contribution in [0.3, 0.4) is 0 Å². The molecule has 6 heteroatoms. The van der Waals surface area contributed by atoms with Crippen molar-refractivity contribution in [3.63, 3.8) is 0 Å². The third-order valence-electron chi connectivity index (χ3n) is 2.55. The number of anilines is 1. The van der Waals surface area contributed by atoms with E-state index in [0.29, 0.717) is 5.95 Å². The summed E-state index contributed by atoms with van der Waals surface area (Å²) in [6.07, 6.45) is 5.25. The minimum Gasteiger partial charge on any atom is -0.368 e. The van der Waals surface area contributed by atoms with Crippen LogP contribution >= 0.6 is 0 Å². The van der Waals surface area contributed by atoms with Crippen LogP contribution in [0, 0.1) is 0 Å². The van der Waals surface area contributed by atoms with Crippen molar-refractivity contribution in [2.45, 2.75) is 18.9 Å². The molecule has 1 fully saturated rings. The second kappa shape index (κ2) is 6.27. The fourth-order valence-electron chi connectivity index (χ4n) is 1.68. The van der Waals surface area contributed by atoms with Crippen LogP contribution in [0.25, 0.3) is 0 Å². The van der Waals surface area contributed by atoms with E-state index in [0.717, 1.165) is 25.9 Å². The van der Waals surface area contributed by atoms with Crippen molar-refractivity contribution in [3.05, 3.63) is 18.5 Å². The van der Waals surface area contributed by atoms with Crippen LogP contribution in [0.2, 0.25) is 0 Å². The van der Waals surface area contributed by atoms with E-state index in [-0.39, 0.29) is 18.6 Å². The molecule has 1 aromatic heterocycles. The molecule has 1 aliphatic rings. The third-order valence-corrected chi connectivity index (χ3v) is 2.55. The maximum Gasteiger partial charge on any atom is 0.252 e. The number of carbonyl (C=O) groups excluding carboxylic acids is 1. The average molecular weight is 236 g/mol. The molecule has 1 amide bonds. The van der Waals surface area contributed by atoms with Crippen molar-refractivity contribution in [1.82, 2.24) is 15.3 Å². The highest BCUT2D eigenvalue weighted by atomic mass is 16.5. The van der Waals surface area contributed by atoms with Gasteiger partial charge in [0.2, 0.25) is 5.95 Å². The Morgan fingerprint density at radius 3 is 2.82 bits per heavy atom. The van der Waals surface area contributed by atoms with E-state index in [1.807, 2.05) is 0 Å². The van der Waals surface area contributed by atoms with Gasteiger partial charge in [0, 0.05) is 12.4 Å². The van der Waals surface area contributed by atoms with Gasteiger partial charge in [0.1, 0.15) is 6.61 Å². The van der Waals surface area contributed by atoms with Gasteiger partial charge in [-0.15, -0.1) is 0 Å². The van der Waals surface area contributed by atoms with Crippen LogP contribution in [0.4, 0.5) is 5.95 Å². The molecule has 0 spiro atoms. The lowest BCUT2D eigenvalue weighted by Crippen LogP contribution is -2.34. The molecule has 1 aliphatic heterocycles. The van der Waals surface area contributed by atoms with Gasteiger partial charge >= 0.3 is 0 Å². The van der Waals surface area contributed by atoms with Gasteiger partial charge in [-0.05, 0) is 32.0 Å². The van der Waals surface area contributed by atoms with E-state index in [1.54, 1.807) is 18.5 Å². The Morgan fingerprint density at radius 1 is 1.41 bits per heavy atom. The Morgan fingerprint density at radius 2 is 2.12 bits per heavy atom. The average Bonchev–Trinajstić information content (AvgIpc) is 2.39. The Kier molecular flexibility index (Phi) is 4.40. The van der Waals surface area contributed by atoms with Gasteiger partial charge in [-0.2, -0.15) is 0 Å². The van der Waals surface area contributed by atoms with E-state index in [4.69, 9.17) is 4.74 Å². The molecule has 0 atom stereocenters. The lowest BCUT2D eigenvalue weighted by atomic mass is 10.1. The second-order valence-corrected chi connectivity index (χ2v) is 3.88. The molecule has 2 heterocycles. The number of nitrogens with one attached hydrogen (secondary N) is 2. The summed E-state index contributed by atoms with van der Waals surface area (Å²) in [5.41, 5.74) is 0. The maximum absolute atomic E-state index is 11.5. The Hall–Kier alpha value is -1.53. The normalized spacial score (nSPS) is 16.7. The van der Waals surface area contributed by atoms with Crippen LogP contribution < -0.4 is 10.6 Å². The van der Waals surface area contributed by atoms with Crippen molar-refractivity contribution in [2.24, 2.45) is 0 Å². The number of piperidine rings is 1. The third kappa shape index (κ3) is 4.08. The highest BCUT2D eigenvalue weighted by Crippen LogP contribution is 2.06. The summed E-state index contributed by atoms with van der Waals surface area (Å²) in [7, 11) is 0. The Bertz CT molecular complexity index is 352. The van der Waals surface area contributed by atoms with E-state index >= 15 is 0 Å². The minimum atomic E-state index is -0.213. The van der Waals surface area contributed by atoms with Gasteiger partial charge < -0.3 is 10.1 Å². The van der Waals surface area contributed by atoms with Gasteiger partial charge in [-0.1, -0.05) is 0 Å². The number of hydrogen-bond acceptors (Lipinski definition) is 5. The molecule has 1 saturated heterocycles. The van der Waals surface area contributed by atoms with Crippen molar-refractivity contribution >= 4 is 11.9 Å². The van der Waals surface area contributed by atoms with Gasteiger partial charge in [-0.3, -0.25) is 10.1 Å². The van der Waals surface area contributed by atoms with E-state index in [1.165, 1.54) is 0 Å². The first-order chi connectivity index (χ1) is 8.34. The molecule has 6 nitrogen and oxygen atoms in total. The minimum absolute atomic E-state index is 0.0585. The van der Waals surface area contributed by atoms with E-state index < -0.39 is 0 Å². The molecule has 0 saturated carbocycles. The van der Waals surface area contributed by atoms with Gasteiger partial charge in [0.05, 0.1) is 6.10 Å². The summed E-state index contributed by atoms with van der Waals surface area (Å²) in [4.78, 5) is 19.3. The number of carbonyl (C=O) groups is 1. The zero-order valence-electron chi connectivity index (χ0n) is 9.56. The molecule has 0 aromatic carbocycles. The van der Waals surface area contributed by atoms with Crippen LogP contribution in [-0.2, 0) is 9.53 Å². The number of nitrogens with zero attached hydrogens (tertiary/aromatic N) is 2. The summed E-state index contributed by atoms with van der Waals surface area (Å²) in [5.74, 6) is 0.0983.